The maximum absolute atomic E-state index is 12.0. The van der Waals surface area contributed by atoms with Crippen molar-refractivity contribution in [2.75, 3.05) is 5.32 Å². The van der Waals surface area contributed by atoms with Crippen LogP contribution in [0.2, 0.25) is 0 Å². The molecule has 0 aliphatic rings. The molecular formula is C20H15BrN2O2. The lowest BCUT2D eigenvalue weighted by Crippen LogP contribution is -2.20. The second-order valence-electron chi connectivity index (χ2n) is 5.46. The SMILES string of the molecule is CC(Br)C(=O)Nc1oc(-c2ccccc2)c(-c2ccccc2)c1C#N. The van der Waals surface area contributed by atoms with Crippen molar-refractivity contribution in [1.82, 2.24) is 0 Å². The van der Waals surface area contributed by atoms with Crippen LogP contribution in [0.25, 0.3) is 22.5 Å². The summed E-state index contributed by atoms with van der Waals surface area (Å²) in [7, 11) is 0. The van der Waals surface area contributed by atoms with E-state index < -0.39 is 4.83 Å². The van der Waals surface area contributed by atoms with Gasteiger partial charge in [0.1, 0.15) is 17.4 Å². The van der Waals surface area contributed by atoms with Gasteiger partial charge in [0.15, 0.2) is 0 Å². The van der Waals surface area contributed by atoms with Gasteiger partial charge in [-0.1, -0.05) is 76.6 Å². The van der Waals surface area contributed by atoms with E-state index in [2.05, 4.69) is 27.3 Å². The maximum atomic E-state index is 12.0. The van der Waals surface area contributed by atoms with Crippen molar-refractivity contribution in [3.8, 4) is 28.5 Å². The van der Waals surface area contributed by atoms with Crippen molar-refractivity contribution in [3.05, 3.63) is 66.2 Å². The minimum atomic E-state index is -0.399. The van der Waals surface area contributed by atoms with E-state index in [1.54, 1.807) is 6.92 Å². The lowest BCUT2D eigenvalue weighted by Gasteiger charge is -2.03. The Balaban J connectivity index is 2.22. The van der Waals surface area contributed by atoms with Crippen molar-refractivity contribution < 1.29 is 9.21 Å². The minimum absolute atomic E-state index is 0.163. The van der Waals surface area contributed by atoms with Crippen LogP contribution in [0.5, 0.6) is 0 Å². The van der Waals surface area contributed by atoms with Crippen LogP contribution in [0.1, 0.15) is 12.5 Å². The van der Waals surface area contributed by atoms with Gasteiger partial charge in [0.2, 0.25) is 11.8 Å². The summed E-state index contributed by atoms with van der Waals surface area (Å²) >= 11 is 3.22. The van der Waals surface area contributed by atoms with Gasteiger partial charge in [0.05, 0.1) is 4.83 Å². The fourth-order valence-electron chi connectivity index (χ4n) is 2.51. The first kappa shape index (κ1) is 17.0. The third kappa shape index (κ3) is 3.49. The Hall–Kier alpha value is -2.84. The highest BCUT2D eigenvalue weighted by molar-refractivity contribution is 9.10. The first-order valence-electron chi connectivity index (χ1n) is 7.74. The van der Waals surface area contributed by atoms with E-state index in [9.17, 15) is 10.1 Å². The van der Waals surface area contributed by atoms with Gasteiger partial charge in [-0.2, -0.15) is 5.26 Å². The van der Waals surface area contributed by atoms with Gasteiger partial charge in [-0.3, -0.25) is 10.1 Å². The number of amides is 1. The van der Waals surface area contributed by atoms with Crippen molar-refractivity contribution in [3.63, 3.8) is 0 Å². The molecule has 5 heteroatoms. The Bertz CT molecular complexity index is 926. The van der Waals surface area contributed by atoms with E-state index in [1.165, 1.54) is 0 Å². The Morgan fingerprint density at radius 1 is 1.08 bits per heavy atom. The number of furan rings is 1. The lowest BCUT2D eigenvalue weighted by atomic mass is 9.98. The Morgan fingerprint density at radius 3 is 2.16 bits per heavy atom. The van der Waals surface area contributed by atoms with Gasteiger partial charge in [-0.25, -0.2) is 0 Å². The number of halogens is 1. The van der Waals surface area contributed by atoms with E-state index in [0.29, 0.717) is 16.9 Å². The molecule has 0 saturated carbocycles. The van der Waals surface area contributed by atoms with Crippen LogP contribution in [0.4, 0.5) is 5.88 Å². The predicted molar refractivity (Wildman–Crippen MR) is 101 cm³/mol. The van der Waals surface area contributed by atoms with Gasteiger partial charge in [0, 0.05) is 11.1 Å². The number of nitrogens with zero attached hydrogens (tertiary/aromatic N) is 1. The smallest absolute Gasteiger partial charge is 0.240 e. The summed E-state index contributed by atoms with van der Waals surface area (Å²) in [5.74, 6) is 0.446. The van der Waals surface area contributed by atoms with E-state index in [-0.39, 0.29) is 11.8 Å². The van der Waals surface area contributed by atoms with E-state index in [4.69, 9.17) is 4.42 Å². The third-order valence-electron chi connectivity index (χ3n) is 3.72. The monoisotopic (exact) mass is 394 g/mol. The molecule has 3 aromatic rings. The van der Waals surface area contributed by atoms with Crippen LogP contribution in [0, 0.1) is 11.3 Å². The number of nitriles is 1. The molecule has 124 valence electrons. The summed E-state index contributed by atoms with van der Waals surface area (Å²) in [5, 5.41) is 12.4. The fraction of sp³-hybridized carbons (Fsp3) is 0.100. The number of alkyl halides is 1. The molecule has 4 nitrogen and oxygen atoms in total. The van der Waals surface area contributed by atoms with Gasteiger partial charge < -0.3 is 4.42 Å². The van der Waals surface area contributed by atoms with E-state index in [0.717, 1.165) is 11.1 Å². The zero-order valence-corrected chi connectivity index (χ0v) is 15.1. The van der Waals surface area contributed by atoms with Crippen molar-refractivity contribution in [2.45, 2.75) is 11.8 Å². The number of anilines is 1. The molecule has 1 aromatic heterocycles. The van der Waals surface area contributed by atoms with Crippen LogP contribution in [0.15, 0.2) is 65.1 Å². The number of hydrogen-bond acceptors (Lipinski definition) is 3. The van der Waals surface area contributed by atoms with E-state index in [1.807, 2.05) is 60.7 Å². The molecule has 0 aliphatic carbocycles. The van der Waals surface area contributed by atoms with Crippen LogP contribution < -0.4 is 5.32 Å². The molecule has 0 saturated heterocycles. The topological polar surface area (TPSA) is 66.0 Å². The van der Waals surface area contributed by atoms with Crippen molar-refractivity contribution in [1.29, 1.82) is 5.26 Å². The molecule has 0 spiro atoms. The number of carbonyl (C=O) groups is 1. The first-order valence-corrected chi connectivity index (χ1v) is 8.66. The second-order valence-corrected chi connectivity index (χ2v) is 6.83. The summed E-state index contributed by atoms with van der Waals surface area (Å²) in [4.78, 5) is 11.6. The molecular weight excluding hydrogens is 380 g/mol. The highest BCUT2D eigenvalue weighted by Crippen LogP contribution is 2.41. The maximum Gasteiger partial charge on any atom is 0.240 e. The number of carbonyl (C=O) groups excluding carboxylic acids is 1. The number of rotatable bonds is 4. The molecule has 1 atom stereocenters. The normalized spacial score (nSPS) is 11.6. The molecule has 0 aliphatic heterocycles. The van der Waals surface area contributed by atoms with Crippen LogP contribution >= 0.6 is 15.9 Å². The van der Waals surface area contributed by atoms with Crippen LogP contribution in [0.3, 0.4) is 0 Å². The molecule has 2 aromatic carbocycles. The molecule has 0 bridgehead atoms. The molecule has 0 fully saturated rings. The molecule has 1 heterocycles. The summed E-state index contributed by atoms with van der Waals surface area (Å²) < 4.78 is 5.92. The van der Waals surface area contributed by atoms with E-state index >= 15 is 0 Å². The summed E-state index contributed by atoms with van der Waals surface area (Å²) in [6, 6.07) is 21.2. The van der Waals surface area contributed by atoms with Gasteiger partial charge in [0.25, 0.3) is 0 Å². The molecule has 0 radical (unpaired) electrons. The van der Waals surface area contributed by atoms with Gasteiger partial charge in [-0.05, 0) is 12.5 Å². The van der Waals surface area contributed by atoms with Gasteiger partial charge in [-0.15, -0.1) is 0 Å². The van der Waals surface area contributed by atoms with Gasteiger partial charge >= 0.3 is 0 Å². The number of hydrogen-bond donors (Lipinski definition) is 1. The standard InChI is InChI=1S/C20H15BrN2O2/c1-13(21)19(24)23-20-16(12-22)17(14-8-4-2-5-9-14)18(25-20)15-10-6-3-7-11-15/h2-11,13H,1H3,(H,23,24). The summed E-state index contributed by atoms with van der Waals surface area (Å²) in [6.45, 7) is 1.71. The number of nitrogens with one attached hydrogen (secondary N) is 1. The summed E-state index contributed by atoms with van der Waals surface area (Å²) in [5.41, 5.74) is 2.68. The number of benzene rings is 2. The molecule has 1 unspecified atom stereocenters. The molecule has 3 rings (SSSR count). The first-order chi connectivity index (χ1) is 12.1. The Labute approximate surface area is 154 Å². The molecule has 25 heavy (non-hydrogen) atoms. The Morgan fingerprint density at radius 2 is 1.64 bits per heavy atom. The highest BCUT2D eigenvalue weighted by atomic mass is 79.9. The highest BCUT2D eigenvalue weighted by Gasteiger charge is 2.24. The average Bonchev–Trinajstić information content (AvgIpc) is 3.01. The molecule has 1 N–H and O–H groups in total. The fourth-order valence-corrected chi connectivity index (χ4v) is 2.62. The predicted octanol–water partition coefficient (Wildman–Crippen LogP) is 5.21. The zero-order chi connectivity index (χ0) is 17.8. The Kier molecular flexibility index (Phi) is 5.01. The van der Waals surface area contributed by atoms with Crippen LogP contribution in [-0.2, 0) is 4.79 Å². The second kappa shape index (κ2) is 7.37. The molecule has 1 amide bonds. The third-order valence-corrected chi connectivity index (χ3v) is 4.13. The van der Waals surface area contributed by atoms with Crippen LogP contribution in [-0.4, -0.2) is 10.7 Å². The van der Waals surface area contributed by atoms with Crippen molar-refractivity contribution >= 4 is 27.7 Å². The minimum Gasteiger partial charge on any atom is -0.438 e. The zero-order valence-electron chi connectivity index (χ0n) is 13.5. The average molecular weight is 395 g/mol. The quantitative estimate of drug-likeness (QED) is 0.617. The summed E-state index contributed by atoms with van der Waals surface area (Å²) in [6.07, 6.45) is 0. The lowest BCUT2D eigenvalue weighted by molar-refractivity contribution is -0.115. The largest absolute Gasteiger partial charge is 0.438 e. The van der Waals surface area contributed by atoms with Crippen molar-refractivity contribution in [2.24, 2.45) is 0 Å².